The average molecular weight is 429 g/mol. The molecule has 1 aliphatic heterocycles. The Balaban J connectivity index is 1.52. The quantitative estimate of drug-likeness (QED) is 0.746. The van der Waals surface area contributed by atoms with Gasteiger partial charge in [-0.15, -0.1) is 0 Å². The van der Waals surface area contributed by atoms with E-state index in [1.54, 1.807) is 9.80 Å². The van der Waals surface area contributed by atoms with Crippen LogP contribution in [0.5, 0.6) is 5.75 Å². The van der Waals surface area contributed by atoms with Gasteiger partial charge in [0.2, 0.25) is 0 Å². The lowest BCUT2D eigenvalue weighted by molar-refractivity contribution is -0.134. The van der Waals surface area contributed by atoms with Crippen LogP contribution in [0.15, 0.2) is 36.4 Å². The van der Waals surface area contributed by atoms with Crippen molar-refractivity contribution in [2.24, 2.45) is 0 Å². The molecule has 1 aliphatic rings. The Morgan fingerprint density at radius 2 is 1.61 bits per heavy atom. The van der Waals surface area contributed by atoms with E-state index in [0.717, 1.165) is 12.1 Å². The molecule has 2 aromatic carbocycles. The molecule has 148 valence electrons. The number of piperazine rings is 1. The van der Waals surface area contributed by atoms with E-state index >= 15 is 0 Å². The fourth-order valence-corrected chi connectivity index (χ4v) is 3.21. The van der Waals surface area contributed by atoms with E-state index in [-0.39, 0.29) is 34.0 Å². The lowest BCUT2D eigenvalue weighted by Crippen LogP contribution is -2.51. The fraction of sp³-hybridized carbons (Fsp3) is 0.263. The van der Waals surface area contributed by atoms with Gasteiger partial charge < -0.3 is 14.5 Å². The van der Waals surface area contributed by atoms with Crippen molar-refractivity contribution in [2.45, 2.75) is 0 Å². The molecule has 2 aromatic rings. The van der Waals surface area contributed by atoms with Crippen LogP contribution < -0.4 is 4.74 Å². The maximum Gasteiger partial charge on any atom is 0.260 e. The Kier molecular flexibility index (Phi) is 6.36. The molecule has 1 fully saturated rings. The lowest BCUT2D eigenvalue weighted by Gasteiger charge is -2.34. The normalized spacial score (nSPS) is 14.1. The van der Waals surface area contributed by atoms with Crippen LogP contribution in [0.1, 0.15) is 10.4 Å². The SMILES string of the molecule is O=C(COc1ccc(F)c(Cl)c1)N1CCN(C(=O)c2ccc(F)cc2Cl)CC1. The second-order valence-electron chi connectivity index (χ2n) is 6.16. The van der Waals surface area contributed by atoms with Gasteiger partial charge in [-0.3, -0.25) is 9.59 Å². The third-order valence-corrected chi connectivity index (χ3v) is 4.94. The van der Waals surface area contributed by atoms with Gasteiger partial charge in [-0.25, -0.2) is 8.78 Å². The molecule has 0 radical (unpaired) electrons. The number of carbonyl (C=O) groups excluding carboxylic acids is 2. The van der Waals surface area contributed by atoms with Crippen LogP contribution in [0.2, 0.25) is 10.0 Å². The first kappa shape index (κ1) is 20.4. The second kappa shape index (κ2) is 8.75. The minimum absolute atomic E-state index is 0.0508. The van der Waals surface area contributed by atoms with Gasteiger partial charge in [0.25, 0.3) is 11.8 Å². The van der Waals surface area contributed by atoms with Crippen LogP contribution in [0, 0.1) is 11.6 Å². The molecule has 0 spiro atoms. The summed E-state index contributed by atoms with van der Waals surface area (Å²) in [4.78, 5) is 27.9. The lowest BCUT2D eigenvalue weighted by atomic mass is 10.1. The molecule has 0 N–H and O–H groups in total. The van der Waals surface area contributed by atoms with Gasteiger partial charge in [0.05, 0.1) is 15.6 Å². The first-order valence-electron chi connectivity index (χ1n) is 8.45. The molecule has 0 unspecified atom stereocenters. The highest BCUT2D eigenvalue weighted by molar-refractivity contribution is 6.33. The predicted molar refractivity (Wildman–Crippen MR) is 101 cm³/mol. The van der Waals surface area contributed by atoms with Crippen molar-refractivity contribution in [3.8, 4) is 5.75 Å². The van der Waals surface area contributed by atoms with Gasteiger partial charge in [0.15, 0.2) is 6.61 Å². The zero-order valence-electron chi connectivity index (χ0n) is 14.6. The van der Waals surface area contributed by atoms with Crippen molar-refractivity contribution in [3.05, 3.63) is 63.6 Å². The van der Waals surface area contributed by atoms with Gasteiger partial charge >= 0.3 is 0 Å². The van der Waals surface area contributed by atoms with Crippen molar-refractivity contribution in [1.82, 2.24) is 9.80 Å². The van der Waals surface area contributed by atoms with E-state index in [4.69, 9.17) is 27.9 Å². The van der Waals surface area contributed by atoms with Crippen LogP contribution >= 0.6 is 23.2 Å². The zero-order valence-corrected chi connectivity index (χ0v) is 16.1. The van der Waals surface area contributed by atoms with Gasteiger partial charge in [-0.1, -0.05) is 23.2 Å². The number of carbonyl (C=O) groups is 2. The summed E-state index contributed by atoms with van der Waals surface area (Å²) >= 11 is 11.6. The molecule has 3 rings (SSSR count). The number of amides is 2. The van der Waals surface area contributed by atoms with E-state index < -0.39 is 11.6 Å². The third-order valence-electron chi connectivity index (χ3n) is 4.33. The Morgan fingerprint density at radius 1 is 0.929 bits per heavy atom. The number of nitrogens with zero attached hydrogens (tertiary/aromatic N) is 2. The number of ether oxygens (including phenoxy) is 1. The summed E-state index contributed by atoms with van der Waals surface area (Å²) in [6.07, 6.45) is 0. The van der Waals surface area contributed by atoms with Crippen LogP contribution in [0.25, 0.3) is 0 Å². The van der Waals surface area contributed by atoms with Gasteiger partial charge in [0.1, 0.15) is 17.4 Å². The van der Waals surface area contributed by atoms with E-state index in [0.29, 0.717) is 31.9 Å². The topological polar surface area (TPSA) is 49.9 Å². The van der Waals surface area contributed by atoms with Crippen LogP contribution in [-0.4, -0.2) is 54.4 Å². The van der Waals surface area contributed by atoms with E-state index in [1.165, 1.54) is 24.3 Å². The molecule has 28 heavy (non-hydrogen) atoms. The van der Waals surface area contributed by atoms with Crippen LogP contribution in [-0.2, 0) is 4.79 Å². The van der Waals surface area contributed by atoms with Crippen molar-refractivity contribution in [2.75, 3.05) is 32.8 Å². The minimum Gasteiger partial charge on any atom is -0.484 e. The Morgan fingerprint density at radius 3 is 2.25 bits per heavy atom. The van der Waals surface area contributed by atoms with Gasteiger partial charge in [-0.2, -0.15) is 0 Å². The summed E-state index contributed by atoms with van der Waals surface area (Å²) in [5.74, 6) is -1.36. The second-order valence-corrected chi connectivity index (χ2v) is 6.98. The Labute approximate surface area is 170 Å². The van der Waals surface area contributed by atoms with E-state index in [1.807, 2.05) is 0 Å². The maximum absolute atomic E-state index is 13.1. The first-order valence-corrected chi connectivity index (χ1v) is 9.20. The molecule has 5 nitrogen and oxygen atoms in total. The molecule has 0 aromatic heterocycles. The number of hydrogen-bond donors (Lipinski definition) is 0. The number of benzene rings is 2. The standard InChI is InChI=1S/C19H16Cl2F2N2O3/c20-15-9-12(22)1-3-14(15)19(27)25-7-5-24(6-8-25)18(26)11-28-13-2-4-17(23)16(21)10-13/h1-4,9-10H,5-8,11H2. The number of hydrogen-bond acceptors (Lipinski definition) is 3. The van der Waals surface area contributed by atoms with Gasteiger partial charge in [-0.05, 0) is 30.3 Å². The van der Waals surface area contributed by atoms with Crippen molar-refractivity contribution in [3.63, 3.8) is 0 Å². The fourth-order valence-electron chi connectivity index (χ4n) is 2.80. The van der Waals surface area contributed by atoms with Gasteiger partial charge in [0, 0.05) is 32.2 Å². The van der Waals surface area contributed by atoms with E-state index in [2.05, 4.69) is 0 Å². The highest BCUT2D eigenvalue weighted by atomic mass is 35.5. The summed E-state index contributed by atoms with van der Waals surface area (Å²) in [5.41, 5.74) is 0.222. The molecule has 0 bridgehead atoms. The van der Waals surface area contributed by atoms with Crippen molar-refractivity contribution in [1.29, 1.82) is 0 Å². The summed E-state index contributed by atoms with van der Waals surface area (Å²) < 4.78 is 31.6. The molecule has 0 aliphatic carbocycles. The Bertz CT molecular complexity index is 903. The molecule has 1 heterocycles. The zero-order chi connectivity index (χ0) is 20.3. The Hall–Kier alpha value is -2.38. The molecular formula is C19H16Cl2F2N2O3. The minimum atomic E-state index is -0.567. The monoisotopic (exact) mass is 428 g/mol. The molecule has 0 saturated carbocycles. The molecule has 1 saturated heterocycles. The predicted octanol–water partition coefficient (Wildman–Crippen LogP) is 3.64. The highest BCUT2D eigenvalue weighted by Gasteiger charge is 2.26. The first-order chi connectivity index (χ1) is 13.3. The van der Waals surface area contributed by atoms with Crippen LogP contribution in [0.4, 0.5) is 8.78 Å². The smallest absolute Gasteiger partial charge is 0.260 e. The highest BCUT2D eigenvalue weighted by Crippen LogP contribution is 2.22. The number of rotatable bonds is 4. The summed E-state index contributed by atoms with van der Waals surface area (Å²) in [7, 11) is 0. The summed E-state index contributed by atoms with van der Waals surface area (Å²) in [5, 5.41) is -0.0357. The molecule has 2 amide bonds. The van der Waals surface area contributed by atoms with Crippen molar-refractivity contribution < 1.29 is 23.1 Å². The number of halogens is 4. The average Bonchev–Trinajstić information content (AvgIpc) is 2.68. The van der Waals surface area contributed by atoms with E-state index in [9.17, 15) is 18.4 Å². The maximum atomic E-state index is 13.1. The molecule has 9 heteroatoms. The molecule has 0 atom stereocenters. The molecular weight excluding hydrogens is 413 g/mol. The van der Waals surface area contributed by atoms with Crippen molar-refractivity contribution >= 4 is 35.0 Å². The summed E-state index contributed by atoms with van der Waals surface area (Å²) in [6, 6.07) is 7.46. The summed E-state index contributed by atoms with van der Waals surface area (Å²) in [6.45, 7) is 1.08. The largest absolute Gasteiger partial charge is 0.484 e. The van der Waals surface area contributed by atoms with Crippen LogP contribution in [0.3, 0.4) is 0 Å². The third kappa shape index (κ3) is 4.72.